The first kappa shape index (κ1) is 24.8. The minimum absolute atomic E-state index is 0.0828. The topological polar surface area (TPSA) is 93.2 Å². The monoisotopic (exact) mass is 486 g/mol. The fourth-order valence-corrected chi connectivity index (χ4v) is 4.03. The molecule has 3 aromatic carbocycles. The zero-order valence-electron chi connectivity index (χ0n) is 20.0. The number of benzene rings is 3. The molecule has 4 rings (SSSR count). The molecule has 3 aromatic rings. The van der Waals surface area contributed by atoms with E-state index in [9.17, 15) is 19.2 Å². The molecule has 1 unspecified atom stereocenters. The van der Waals surface area contributed by atoms with E-state index < -0.39 is 18.6 Å². The summed E-state index contributed by atoms with van der Waals surface area (Å²) < 4.78 is 10.2. The zero-order valence-corrected chi connectivity index (χ0v) is 20.0. The van der Waals surface area contributed by atoms with Gasteiger partial charge in [-0.3, -0.25) is 19.3 Å². The number of carbonyl (C=O) groups excluding carboxylic acids is 4. The molecule has 0 saturated carbocycles. The number of likely N-dealkylation sites (N-methyl/N-ethyl adjacent to an activating group) is 1. The van der Waals surface area contributed by atoms with Crippen molar-refractivity contribution in [1.29, 1.82) is 0 Å². The van der Waals surface area contributed by atoms with Crippen molar-refractivity contribution in [3.8, 4) is 5.75 Å². The van der Waals surface area contributed by atoms with Gasteiger partial charge in [0.25, 0.3) is 5.91 Å². The van der Waals surface area contributed by atoms with Gasteiger partial charge in [0.05, 0.1) is 30.8 Å². The molecule has 1 heterocycles. The Morgan fingerprint density at radius 1 is 0.917 bits per heavy atom. The van der Waals surface area contributed by atoms with Gasteiger partial charge in [-0.05, 0) is 61.1 Å². The van der Waals surface area contributed by atoms with E-state index in [1.165, 1.54) is 31.4 Å². The minimum atomic E-state index is -0.678. The Labute approximate surface area is 209 Å². The standard InChI is InChI=1S/C28H26N2O6/c1-29(17-19-6-4-3-5-7-19)24-16-26(32)30(27(24)33)22-12-8-21(9-13-22)28(34)36-18-25(31)20-10-14-23(35-2)15-11-20/h3-15,24H,16-18H2,1-2H3. The van der Waals surface area contributed by atoms with E-state index in [1.54, 1.807) is 24.3 Å². The lowest BCUT2D eigenvalue weighted by Crippen LogP contribution is -2.39. The lowest BCUT2D eigenvalue weighted by Gasteiger charge is -2.23. The van der Waals surface area contributed by atoms with Crippen LogP contribution in [0.15, 0.2) is 78.9 Å². The highest BCUT2D eigenvalue weighted by atomic mass is 16.5. The maximum Gasteiger partial charge on any atom is 0.338 e. The number of hydrogen-bond donors (Lipinski definition) is 0. The van der Waals surface area contributed by atoms with Crippen LogP contribution in [0.1, 0.15) is 32.7 Å². The Bertz CT molecular complexity index is 1260. The molecule has 1 fully saturated rings. The molecule has 0 radical (unpaired) electrons. The van der Waals surface area contributed by atoms with Crippen molar-refractivity contribution >= 4 is 29.3 Å². The van der Waals surface area contributed by atoms with E-state index in [1.807, 2.05) is 42.3 Å². The number of esters is 1. The molecular weight excluding hydrogens is 460 g/mol. The quantitative estimate of drug-likeness (QED) is 0.260. The van der Waals surface area contributed by atoms with Crippen LogP contribution in [-0.2, 0) is 20.9 Å². The molecule has 1 aliphatic rings. The number of carbonyl (C=O) groups is 4. The Kier molecular flexibility index (Phi) is 7.56. The van der Waals surface area contributed by atoms with Gasteiger partial charge in [0.15, 0.2) is 12.4 Å². The molecule has 0 aliphatic carbocycles. The third kappa shape index (κ3) is 5.50. The number of rotatable bonds is 9. The van der Waals surface area contributed by atoms with Crippen LogP contribution in [0.25, 0.3) is 0 Å². The highest BCUT2D eigenvalue weighted by Crippen LogP contribution is 2.26. The van der Waals surface area contributed by atoms with E-state index >= 15 is 0 Å². The second-order valence-electron chi connectivity index (χ2n) is 8.46. The van der Waals surface area contributed by atoms with Crippen LogP contribution >= 0.6 is 0 Å². The van der Waals surface area contributed by atoms with Gasteiger partial charge in [0.1, 0.15) is 5.75 Å². The Morgan fingerprint density at radius 3 is 2.19 bits per heavy atom. The SMILES string of the molecule is COc1ccc(C(=O)COC(=O)c2ccc(N3C(=O)CC(N(C)Cc4ccccc4)C3=O)cc2)cc1. The highest BCUT2D eigenvalue weighted by molar-refractivity contribution is 6.22. The highest BCUT2D eigenvalue weighted by Gasteiger charge is 2.41. The van der Waals surface area contributed by atoms with Crippen LogP contribution in [0, 0.1) is 0 Å². The zero-order chi connectivity index (χ0) is 25.7. The number of methoxy groups -OCH3 is 1. The largest absolute Gasteiger partial charge is 0.497 e. The van der Waals surface area contributed by atoms with Gasteiger partial charge < -0.3 is 9.47 Å². The fourth-order valence-electron chi connectivity index (χ4n) is 4.03. The lowest BCUT2D eigenvalue weighted by molar-refractivity contribution is -0.122. The van der Waals surface area contributed by atoms with Crippen LogP contribution in [0.3, 0.4) is 0 Å². The molecular formula is C28H26N2O6. The molecule has 1 atom stereocenters. The number of ketones is 1. The first-order chi connectivity index (χ1) is 17.4. The predicted octanol–water partition coefficient (Wildman–Crippen LogP) is 3.50. The van der Waals surface area contributed by atoms with E-state index in [4.69, 9.17) is 9.47 Å². The molecule has 1 aliphatic heterocycles. The first-order valence-corrected chi connectivity index (χ1v) is 11.4. The van der Waals surface area contributed by atoms with Gasteiger partial charge in [0, 0.05) is 12.1 Å². The summed E-state index contributed by atoms with van der Waals surface area (Å²) in [6.45, 7) is 0.129. The number of amides is 2. The summed E-state index contributed by atoms with van der Waals surface area (Å²) in [6.07, 6.45) is 0.0828. The van der Waals surface area contributed by atoms with E-state index in [2.05, 4.69) is 0 Å². The summed E-state index contributed by atoms with van der Waals surface area (Å²) in [6, 6.07) is 21.6. The molecule has 2 amide bonds. The minimum Gasteiger partial charge on any atom is -0.497 e. The maximum atomic E-state index is 13.0. The van der Waals surface area contributed by atoms with Crippen molar-refractivity contribution in [2.45, 2.75) is 19.0 Å². The summed E-state index contributed by atoms with van der Waals surface area (Å²) >= 11 is 0. The summed E-state index contributed by atoms with van der Waals surface area (Å²) in [5.41, 5.74) is 2.04. The molecule has 8 nitrogen and oxygen atoms in total. The molecule has 0 aromatic heterocycles. The number of Topliss-reactive ketones (excluding diaryl/α,β-unsaturated/α-hetero) is 1. The summed E-state index contributed by atoms with van der Waals surface area (Å²) in [7, 11) is 3.35. The fraction of sp³-hybridized carbons (Fsp3) is 0.214. The molecule has 0 spiro atoms. The number of imide groups is 1. The van der Waals surface area contributed by atoms with Gasteiger partial charge >= 0.3 is 5.97 Å². The number of anilines is 1. The van der Waals surface area contributed by atoms with Crippen molar-refractivity contribution < 1.29 is 28.7 Å². The van der Waals surface area contributed by atoms with E-state index in [-0.39, 0.29) is 29.6 Å². The van der Waals surface area contributed by atoms with Crippen LogP contribution < -0.4 is 9.64 Å². The summed E-state index contributed by atoms with van der Waals surface area (Å²) in [5.74, 6) is -1.01. The molecule has 36 heavy (non-hydrogen) atoms. The normalized spacial score (nSPS) is 15.3. The molecule has 0 bridgehead atoms. The van der Waals surface area contributed by atoms with Crippen LogP contribution in [-0.4, -0.2) is 55.3 Å². The third-order valence-electron chi connectivity index (χ3n) is 6.04. The average Bonchev–Trinajstić information content (AvgIpc) is 3.21. The van der Waals surface area contributed by atoms with Gasteiger partial charge in [-0.2, -0.15) is 0 Å². The van der Waals surface area contributed by atoms with Crippen molar-refractivity contribution in [3.05, 3.63) is 95.6 Å². The molecule has 1 saturated heterocycles. The molecule has 8 heteroatoms. The molecule has 184 valence electrons. The van der Waals surface area contributed by atoms with E-state index in [0.29, 0.717) is 23.5 Å². The first-order valence-electron chi connectivity index (χ1n) is 11.4. The van der Waals surface area contributed by atoms with Crippen molar-refractivity contribution in [3.63, 3.8) is 0 Å². The van der Waals surface area contributed by atoms with Crippen molar-refractivity contribution in [2.24, 2.45) is 0 Å². The van der Waals surface area contributed by atoms with Gasteiger partial charge in [0.2, 0.25) is 5.91 Å². The maximum absolute atomic E-state index is 13.0. The van der Waals surface area contributed by atoms with Crippen molar-refractivity contribution in [2.75, 3.05) is 25.7 Å². The van der Waals surface area contributed by atoms with Gasteiger partial charge in [-0.1, -0.05) is 30.3 Å². The Morgan fingerprint density at radius 2 is 1.56 bits per heavy atom. The second-order valence-corrected chi connectivity index (χ2v) is 8.46. The average molecular weight is 487 g/mol. The molecule has 0 N–H and O–H groups in total. The van der Waals surface area contributed by atoms with Crippen LogP contribution in [0.4, 0.5) is 5.69 Å². The third-order valence-corrected chi connectivity index (χ3v) is 6.04. The van der Waals surface area contributed by atoms with Crippen LogP contribution in [0.5, 0.6) is 5.75 Å². The summed E-state index contributed by atoms with van der Waals surface area (Å²) in [5, 5.41) is 0. The Balaban J connectivity index is 1.36. The van der Waals surface area contributed by atoms with Gasteiger partial charge in [-0.25, -0.2) is 9.69 Å². The predicted molar refractivity (Wildman–Crippen MR) is 133 cm³/mol. The van der Waals surface area contributed by atoms with E-state index in [0.717, 1.165) is 10.5 Å². The lowest BCUT2D eigenvalue weighted by atomic mass is 10.1. The van der Waals surface area contributed by atoms with Crippen molar-refractivity contribution in [1.82, 2.24) is 4.90 Å². The second kappa shape index (κ2) is 11.0. The smallest absolute Gasteiger partial charge is 0.338 e. The number of hydrogen-bond acceptors (Lipinski definition) is 7. The number of nitrogens with zero attached hydrogens (tertiary/aromatic N) is 2. The summed E-state index contributed by atoms with van der Waals surface area (Å²) in [4.78, 5) is 53.4. The Hall–Kier alpha value is -4.30. The number of ether oxygens (including phenoxy) is 2. The van der Waals surface area contributed by atoms with Gasteiger partial charge in [-0.15, -0.1) is 0 Å². The van der Waals surface area contributed by atoms with Crippen LogP contribution in [0.2, 0.25) is 0 Å².